The molecule has 2 amide bonds. The summed E-state index contributed by atoms with van der Waals surface area (Å²) in [6.45, 7) is 0.648. The molecule has 0 heterocycles. The smallest absolute Gasteiger partial charge is 0.315 e. The lowest BCUT2D eigenvalue weighted by molar-refractivity contribution is 0.200. The van der Waals surface area contributed by atoms with Crippen molar-refractivity contribution in [2.45, 2.75) is 57.5 Å². The van der Waals surface area contributed by atoms with Crippen molar-refractivity contribution in [2.24, 2.45) is 0 Å². The molecule has 1 aromatic carbocycles. The van der Waals surface area contributed by atoms with Crippen molar-refractivity contribution in [3.05, 3.63) is 29.8 Å². The predicted octanol–water partition coefficient (Wildman–Crippen LogP) is 2.97. The molecule has 1 aliphatic rings. The molecule has 0 unspecified atom stereocenters. The van der Waals surface area contributed by atoms with E-state index in [4.69, 9.17) is 9.84 Å². The summed E-state index contributed by atoms with van der Waals surface area (Å²) >= 11 is 0. The summed E-state index contributed by atoms with van der Waals surface area (Å²) in [4.78, 5) is 12.1. The molecule has 1 saturated carbocycles. The largest absolute Gasteiger partial charge is 0.491 e. The van der Waals surface area contributed by atoms with Gasteiger partial charge < -0.3 is 20.5 Å². The monoisotopic (exact) mass is 320 g/mol. The second-order valence-corrected chi connectivity index (χ2v) is 6.05. The number of aliphatic hydroxyl groups excluding tert-OH is 1. The summed E-state index contributed by atoms with van der Waals surface area (Å²) in [6.07, 6.45) is 8.41. The maximum absolute atomic E-state index is 12.1. The molecule has 1 aliphatic carbocycles. The first-order chi connectivity index (χ1) is 11.3. The lowest BCUT2D eigenvalue weighted by atomic mass is 9.97. The van der Waals surface area contributed by atoms with Crippen LogP contribution in [0.2, 0.25) is 0 Å². The molecule has 0 atom stereocenters. The minimum Gasteiger partial charge on any atom is -0.491 e. The Balaban J connectivity index is 1.79. The van der Waals surface area contributed by atoms with E-state index < -0.39 is 0 Å². The van der Waals surface area contributed by atoms with E-state index in [0.29, 0.717) is 12.3 Å². The third-order valence-corrected chi connectivity index (χ3v) is 4.20. The molecular weight excluding hydrogens is 292 g/mol. The summed E-state index contributed by atoms with van der Waals surface area (Å²) in [7, 11) is 0. The fraction of sp³-hybridized carbons (Fsp3) is 0.611. The number of ether oxygens (including phenoxy) is 1. The fourth-order valence-corrected chi connectivity index (χ4v) is 2.96. The Morgan fingerprint density at radius 2 is 1.83 bits per heavy atom. The molecule has 0 radical (unpaired) electrons. The highest BCUT2D eigenvalue weighted by atomic mass is 16.5. The van der Waals surface area contributed by atoms with E-state index in [0.717, 1.165) is 18.4 Å². The van der Waals surface area contributed by atoms with Crippen LogP contribution in [0.25, 0.3) is 0 Å². The summed E-state index contributed by atoms with van der Waals surface area (Å²) in [5.74, 6) is 0.702. The van der Waals surface area contributed by atoms with Gasteiger partial charge in [0.25, 0.3) is 0 Å². The van der Waals surface area contributed by atoms with Crippen molar-refractivity contribution in [2.75, 3.05) is 13.2 Å². The van der Waals surface area contributed by atoms with E-state index in [9.17, 15) is 4.79 Å². The molecule has 128 valence electrons. The lowest BCUT2D eigenvalue weighted by Gasteiger charge is -2.21. The number of nitrogens with one attached hydrogen (secondary N) is 2. The number of urea groups is 1. The first kappa shape index (κ1) is 17.6. The van der Waals surface area contributed by atoms with Gasteiger partial charge in [0, 0.05) is 18.2 Å². The molecule has 1 fully saturated rings. The van der Waals surface area contributed by atoms with E-state index in [1.807, 2.05) is 24.3 Å². The zero-order valence-electron chi connectivity index (χ0n) is 13.7. The molecule has 23 heavy (non-hydrogen) atoms. The van der Waals surface area contributed by atoms with Crippen LogP contribution >= 0.6 is 0 Å². The zero-order valence-corrected chi connectivity index (χ0v) is 13.7. The minimum atomic E-state index is -0.118. The molecule has 0 aliphatic heterocycles. The summed E-state index contributed by atoms with van der Waals surface area (Å²) in [5, 5.41) is 14.9. The Kier molecular flexibility index (Phi) is 7.73. The zero-order chi connectivity index (χ0) is 16.3. The second-order valence-electron chi connectivity index (χ2n) is 6.05. The number of hydrogen-bond donors (Lipinski definition) is 3. The van der Waals surface area contributed by atoms with Crippen LogP contribution in [0.15, 0.2) is 24.3 Å². The van der Waals surface area contributed by atoms with E-state index in [2.05, 4.69) is 10.6 Å². The summed E-state index contributed by atoms with van der Waals surface area (Å²) in [6, 6.07) is 7.73. The van der Waals surface area contributed by atoms with Crippen molar-refractivity contribution in [3.8, 4) is 5.75 Å². The van der Waals surface area contributed by atoms with Crippen molar-refractivity contribution >= 4 is 6.03 Å². The Morgan fingerprint density at radius 3 is 2.57 bits per heavy atom. The van der Waals surface area contributed by atoms with Crippen LogP contribution in [0.3, 0.4) is 0 Å². The average molecular weight is 320 g/mol. The third kappa shape index (κ3) is 6.48. The van der Waals surface area contributed by atoms with Crippen molar-refractivity contribution in [1.82, 2.24) is 10.6 Å². The Labute approximate surface area is 138 Å². The van der Waals surface area contributed by atoms with Crippen LogP contribution in [0, 0.1) is 0 Å². The van der Waals surface area contributed by atoms with Crippen molar-refractivity contribution < 1.29 is 14.6 Å². The van der Waals surface area contributed by atoms with Gasteiger partial charge in [0.1, 0.15) is 12.4 Å². The number of carbonyl (C=O) groups excluding carboxylic acids is 1. The van der Waals surface area contributed by atoms with Gasteiger partial charge in [-0.15, -0.1) is 0 Å². The molecule has 0 aromatic heterocycles. The highest BCUT2D eigenvalue weighted by Crippen LogP contribution is 2.18. The van der Waals surface area contributed by atoms with Crippen LogP contribution < -0.4 is 15.4 Å². The summed E-state index contributed by atoms with van der Waals surface area (Å²) < 4.78 is 5.48. The number of carbonyl (C=O) groups is 1. The quantitative estimate of drug-likeness (QED) is 0.754. The predicted molar refractivity (Wildman–Crippen MR) is 90.5 cm³/mol. The average Bonchev–Trinajstić information content (AvgIpc) is 2.54. The van der Waals surface area contributed by atoms with E-state index in [1.54, 1.807) is 0 Å². The topological polar surface area (TPSA) is 70.6 Å². The molecule has 3 N–H and O–H groups in total. The van der Waals surface area contributed by atoms with Gasteiger partial charge in [-0.05, 0) is 18.9 Å². The van der Waals surface area contributed by atoms with Gasteiger partial charge in [-0.3, -0.25) is 0 Å². The lowest BCUT2D eigenvalue weighted by Crippen LogP contribution is -2.42. The molecule has 2 rings (SSSR count). The van der Waals surface area contributed by atoms with Crippen LogP contribution in [-0.2, 0) is 6.54 Å². The standard InChI is InChI=1S/C18H28N2O3/c21-12-13-23-17-11-7-6-8-15(17)14-19-18(22)20-16-9-4-2-1-3-5-10-16/h6-8,11,16,21H,1-5,9-10,12-14H2,(H2,19,20,22). The third-order valence-electron chi connectivity index (χ3n) is 4.20. The van der Waals surface area contributed by atoms with Gasteiger partial charge in [0.2, 0.25) is 0 Å². The first-order valence-electron chi connectivity index (χ1n) is 8.65. The van der Waals surface area contributed by atoms with Gasteiger partial charge in [-0.2, -0.15) is 0 Å². The first-order valence-corrected chi connectivity index (χ1v) is 8.65. The fourth-order valence-electron chi connectivity index (χ4n) is 2.96. The number of para-hydroxylation sites is 1. The molecule has 0 bridgehead atoms. The number of rotatable bonds is 6. The van der Waals surface area contributed by atoms with Gasteiger partial charge in [0.05, 0.1) is 6.61 Å². The van der Waals surface area contributed by atoms with Crippen LogP contribution in [0.4, 0.5) is 4.79 Å². The highest BCUT2D eigenvalue weighted by molar-refractivity contribution is 5.74. The molecule has 1 aromatic rings. The number of aliphatic hydroxyl groups is 1. The minimum absolute atomic E-state index is 0.0239. The van der Waals surface area contributed by atoms with E-state index >= 15 is 0 Å². The van der Waals surface area contributed by atoms with Crippen LogP contribution in [0.1, 0.15) is 50.5 Å². The van der Waals surface area contributed by atoms with Crippen LogP contribution in [0.5, 0.6) is 5.75 Å². The maximum Gasteiger partial charge on any atom is 0.315 e. The highest BCUT2D eigenvalue weighted by Gasteiger charge is 2.14. The normalized spacial score (nSPS) is 16.2. The second kappa shape index (κ2) is 10.1. The number of benzene rings is 1. The van der Waals surface area contributed by atoms with Gasteiger partial charge in [-0.25, -0.2) is 4.79 Å². The van der Waals surface area contributed by atoms with Gasteiger partial charge in [-0.1, -0.05) is 50.3 Å². The Hall–Kier alpha value is -1.75. The van der Waals surface area contributed by atoms with E-state index in [-0.39, 0.29) is 25.3 Å². The molecule has 5 heteroatoms. The summed E-state index contributed by atoms with van der Waals surface area (Å²) in [5.41, 5.74) is 0.911. The maximum atomic E-state index is 12.1. The molecule has 0 saturated heterocycles. The van der Waals surface area contributed by atoms with Crippen molar-refractivity contribution in [1.29, 1.82) is 0 Å². The molecule has 0 spiro atoms. The Morgan fingerprint density at radius 1 is 1.13 bits per heavy atom. The SMILES string of the molecule is O=C(NCc1ccccc1OCCO)NC1CCCCCCC1. The van der Waals surface area contributed by atoms with Crippen molar-refractivity contribution in [3.63, 3.8) is 0 Å². The van der Waals surface area contributed by atoms with Gasteiger partial charge in [0.15, 0.2) is 0 Å². The van der Waals surface area contributed by atoms with Crippen LogP contribution in [-0.4, -0.2) is 30.4 Å². The molecular formula is C18H28N2O3. The van der Waals surface area contributed by atoms with E-state index in [1.165, 1.54) is 32.1 Å². The molecule has 5 nitrogen and oxygen atoms in total. The number of amides is 2. The van der Waals surface area contributed by atoms with Gasteiger partial charge >= 0.3 is 6.03 Å². The number of hydrogen-bond acceptors (Lipinski definition) is 3. The Bertz CT molecular complexity index is 471.